The summed E-state index contributed by atoms with van der Waals surface area (Å²) >= 11 is 0. The van der Waals surface area contributed by atoms with Gasteiger partial charge in [0, 0.05) is 13.2 Å². The molecular weight excluding hydrogens is 244 g/mol. The van der Waals surface area contributed by atoms with Crippen molar-refractivity contribution in [3.8, 4) is 0 Å². The van der Waals surface area contributed by atoms with E-state index in [2.05, 4.69) is 12.1 Å². The second-order valence-corrected chi connectivity index (χ2v) is 4.75. The molecule has 3 rings (SSSR count). The molecule has 0 bridgehead atoms. The summed E-state index contributed by atoms with van der Waals surface area (Å²) in [4.78, 5) is 0. The fraction of sp³-hybridized carbons (Fsp3) is 0.600. The Morgan fingerprint density at radius 1 is 1.05 bits per heavy atom. The van der Waals surface area contributed by atoms with Crippen molar-refractivity contribution in [1.29, 1.82) is 0 Å². The van der Waals surface area contributed by atoms with Crippen LogP contribution < -0.4 is 0 Å². The maximum absolute atomic E-state index is 8.26. The highest BCUT2D eigenvalue weighted by Gasteiger charge is 2.17. The maximum Gasteiger partial charge on any atom is 0.0830 e. The number of rotatable bonds is 5. The summed E-state index contributed by atoms with van der Waals surface area (Å²) in [5, 5.41) is 8.26. The number of benzene rings is 1. The third kappa shape index (κ3) is 5.28. The van der Waals surface area contributed by atoms with Gasteiger partial charge in [-0.1, -0.05) is 30.3 Å². The van der Waals surface area contributed by atoms with Crippen LogP contribution in [0.2, 0.25) is 0 Å². The Hall–Kier alpha value is -0.940. The van der Waals surface area contributed by atoms with Crippen molar-refractivity contribution in [2.24, 2.45) is 0 Å². The molecule has 0 radical (unpaired) electrons. The third-order valence-electron chi connectivity index (χ3n) is 3.21. The summed E-state index contributed by atoms with van der Waals surface area (Å²) in [5.41, 5.74) is 1.22. The van der Waals surface area contributed by atoms with Crippen LogP contribution in [0.4, 0.5) is 0 Å². The van der Waals surface area contributed by atoms with Crippen LogP contribution in [0.25, 0.3) is 0 Å². The van der Waals surface area contributed by atoms with Gasteiger partial charge < -0.3 is 19.3 Å². The van der Waals surface area contributed by atoms with E-state index in [0.29, 0.717) is 12.7 Å². The molecule has 0 saturated carbocycles. The van der Waals surface area contributed by atoms with Gasteiger partial charge in [0.15, 0.2) is 0 Å². The van der Waals surface area contributed by atoms with Gasteiger partial charge in [-0.3, -0.25) is 0 Å². The molecule has 0 spiro atoms. The first-order valence-corrected chi connectivity index (χ1v) is 6.84. The van der Waals surface area contributed by atoms with E-state index in [1.807, 2.05) is 18.2 Å². The van der Waals surface area contributed by atoms with Gasteiger partial charge in [-0.25, -0.2) is 0 Å². The Labute approximate surface area is 114 Å². The minimum absolute atomic E-state index is 0.171. The van der Waals surface area contributed by atoms with Crippen LogP contribution in [0.1, 0.15) is 18.4 Å². The number of aliphatic hydroxyl groups is 1. The zero-order chi connectivity index (χ0) is 13.3. The lowest BCUT2D eigenvalue weighted by Gasteiger charge is -2.25. The van der Waals surface area contributed by atoms with Gasteiger partial charge in [0.1, 0.15) is 0 Å². The molecule has 4 heteroatoms. The van der Waals surface area contributed by atoms with Crippen molar-refractivity contribution in [2.75, 3.05) is 26.4 Å². The molecule has 1 N–H and O–H groups in total. The number of ether oxygens (including phenoxy) is 3. The van der Waals surface area contributed by atoms with Crippen LogP contribution in [0.5, 0.6) is 0 Å². The van der Waals surface area contributed by atoms with Crippen LogP contribution in [-0.2, 0) is 20.8 Å². The molecule has 4 nitrogen and oxygen atoms in total. The minimum Gasteiger partial charge on any atom is -0.394 e. The van der Waals surface area contributed by atoms with Gasteiger partial charge in [0.2, 0.25) is 0 Å². The first-order chi connectivity index (χ1) is 9.38. The van der Waals surface area contributed by atoms with E-state index in [1.54, 1.807) is 0 Å². The van der Waals surface area contributed by atoms with E-state index in [4.69, 9.17) is 19.3 Å². The topological polar surface area (TPSA) is 47.9 Å². The zero-order valence-electron chi connectivity index (χ0n) is 11.2. The molecule has 1 aromatic rings. The fourth-order valence-electron chi connectivity index (χ4n) is 1.73. The van der Waals surface area contributed by atoms with Gasteiger partial charge >= 0.3 is 0 Å². The normalized spacial score (nSPS) is 24.7. The standard InChI is InChI=1S/C11H14O2.C4H8O2/c1-2-4-10(5-3-1)8-12-9-11-6-7-13-11;5-3-4-1-2-6-4/h1-5,11H,6-9H2;4-5H,1-3H2/t11-;4-/m00/s1. The number of hydrogen-bond donors (Lipinski definition) is 1. The SMILES string of the molecule is OC[C@@H]1CCO1.c1ccc(COC[C@@H]2CCO2)cc1. The molecule has 0 amide bonds. The van der Waals surface area contributed by atoms with Crippen molar-refractivity contribution in [3.05, 3.63) is 35.9 Å². The molecule has 2 saturated heterocycles. The number of aliphatic hydroxyl groups excluding tert-OH is 1. The Morgan fingerprint density at radius 2 is 1.68 bits per heavy atom. The largest absolute Gasteiger partial charge is 0.394 e. The molecule has 0 aromatic heterocycles. The Morgan fingerprint density at radius 3 is 2.11 bits per heavy atom. The van der Waals surface area contributed by atoms with E-state index in [-0.39, 0.29) is 12.7 Å². The van der Waals surface area contributed by atoms with Crippen molar-refractivity contribution >= 4 is 0 Å². The highest BCUT2D eigenvalue weighted by molar-refractivity contribution is 5.13. The zero-order valence-corrected chi connectivity index (χ0v) is 11.2. The molecule has 19 heavy (non-hydrogen) atoms. The second-order valence-electron chi connectivity index (χ2n) is 4.75. The summed E-state index contributed by atoms with van der Waals surface area (Å²) < 4.78 is 15.6. The van der Waals surface area contributed by atoms with Gasteiger partial charge in [-0.15, -0.1) is 0 Å². The first-order valence-electron chi connectivity index (χ1n) is 6.84. The van der Waals surface area contributed by atoms with E-state index in [0.717, 1.165) is 32.7 Å². The second kappa shape index (κ2) is 8.27. The van der Waals surface area contributed by atoms with Crippen LogP contribution in [0.15, 0.2) is 30.3 Å². The van der Waals surface area contributed by atoms with E-state index >= 15 is 0 Å². The molecule has 2 heterocycles. The lowest BCUT2D eigenvalue weighted by Crippen LogP contribution is -2.31. The molecule has 2 fully saturated rings. The highest BCUT2D eigenvalue weighted by atomic mass is 16.5. The van der Waals surface area contributed by atoms with E-state index in [1.165, 1.54) is 5.56 Å². The highest BCUT2D eigenvalue weighted by Crippen LogP contribution is 2.11. The van der Waals surface area contributed by atoms with Crippen LogP contribution >= 0.6 is 0 Å². The van der Waals surface area contributed by atoms with Crippen molar-refractivity contribution in [3.63, 3.8) is 0 Å². The van der Waals surface area contributed by atoms with Crippen molar-refractivity contribution < 1.29 is 19.3 Å². The third-order valence-corrected chi connectivity index (χ3v) is 3.21. The molecule has 0 unspecified atom stereocenters. The van der Waals surface area contributed by atoms with Crippen molar-refractivity contribution in [2.45, 2.75) is 31.7 Å². The number of hydrogen-bond acceptors (Lipinski definition) is 4. The molecule has 2 atom stereocenters. The average Bonchev–Trinajstić information content (AvgIpc) is 2.33. The molecule has 2 aliphatic heterocycles. The summed E-state index contributed by atoms with van der Waals surface area (Å²) in [6.07, 6.45) is 2.71. The monoisotopic (exact) mass is 266 g/mol. The predicted molar refractivity (Wildman–Crippen MR) is 71.9 cm³/mol. The van der Waals surface area contributed by atoms with Crippen LogP contribution in [-0.4, -0.2) is 43.7 Å². The maximum atomic E-state index is 8.26. The van der Waals surface area contributed by atoms with Gasteiger partial charge in [-0.05, 0) is 18.4 Å². The quantitative estimate of drug-likeness (QED) is 0.882. The summed E-state index contributed by atoms with van der Waals surface area (Å²) in [5.74, 6) is 0. The molecular formula is C15H22O4. The minimum atomic E-state index is 0.171. The Kier molecular flexibility index (Phi) is 6.30. The predicted octanol–water partition coefficient (Wildman–Crippen LogP) is 1.76. The molecule has 106 valence electrons. The lowest BCUT2D eigenvalue weighted by atomic mass is 10.2. The van der Waals surface area contributed by atoms with Gasteiger partial charge in [-0.2, -0.15) is 0 Å². The Balaban J connectivity index is 0.000000186. The van der Waals surface area contributed by atoms with Gasteiger partial charge in [0.05, 0.1) is 32.0 Å². The Bertz CT molecular complexity index is 331. The molecule has 0 aliphatic carbocycles. The smallest absolute Gasteiger partial charge is 0.0830 e. The van der Waals surface area contributed by atoms with Crippen LogP contribution in [0.3, 0.4) is 0 Å². The summed E-state index contributed by atoms with van der Waals surface area (Å²) in [6.45, 7) is 3.36. The van der Waals surface area contributed by atoms with E-state index in [9.17, 15) is 0 Å². The van der Waals surface area contributed by atoms with Gasteiger partial charge in [0.25, 0.3) is 0 Å². The molecule has 2 aliphatic rings. The molecule has 1 aromatic carbocycles. The van der Waals surface area contributed by atoms with Crippen molar-refractivity contribution in [1.82, 2.24) is 0 Å². The summed E-state index contributed by atoms with van der Waals surface area (Å²) in [7, 11) is 0. The fourth-order valence-corrected chi connectivity index (χ4v) is 1.73. The van der Waals surface area contributed by atoms with Crippen LogP contribution in [0, 0.1) is 0 Å². The summed E-state index contributed by atoms with van der Waals surface area (Å²) in [6, 6.07) is 10.2. The average molecular weight is 266 g/mol. The van der Waals surface area contributed by atoms with E-state index < -0.39 is 0 Å². The lowest BCUT2D eigenvalue weighted by molar-refractivity contribution is -0.0967. The first kappa shape index (κ1) is 14.5.